The van der Waals surface area contributed by atoms with E-state index in [2.05, 4.69) is 36.8 Å². The van der Waals surface area contributed by atoms with Crippen molar-refractivity contribution in [2.45, 2.75) is 12.5 Å². The van der Waals surface area contributed by atoms with Crippen molar-refractivity contribution in [1.82, 2.24) is 9.55 Å². The summed E-state index contributed by atoms with van der Waals surface area (Å²) < 4.78 is 3.88. The Labute approximate surface area is 139 Å². The maximum absolute atomic E-state index is 10.5. The zero-order chi connectivity index (χ0) is 15.0. The second-order valence-corrected chi connectivity index (χ2v) is 6.73. The minimum atomic E-state index is -0.604. The first-order chi connectivity index (χ1) is 10.1. The molecule has 1 aromatic heterocycles. The van der Waals surface area contributed by atoms with E-state index in [0.29, 0.717) is 6.42 Å². The van der Waals surface area contributed by atoms with Crippen LogP contribution in [-0.2, 0) is 13.5 Å². The van der Waals surface area contributed by atoms with E-state index < -0.39 is 6.10 Å². The van der Waals surface area contributed by atoms with E-state index >= 15 is 0 Å². The number of hydrogen-bond donors (Lipinski definition) is 1. The number of aromatic nitrogens is 2. The van der Waals surface area contributed by atoms with Crippen LogP contribution < -0.4 is 0 Å². The maximum atomic E-state index is 10.5. The number of aliphatic hydroxyl groups is 1. The van der Waals surface area contributed by atoms with Crippen molar-refractivity contribution in [3.8, 4) is 0 Å². The van der Waals surface area contributed by atoms with Crippen LogP contribution in [0.15, 0.2) is 51.4 Å². The fourth-order valence-corrected chi connectivity index (χ4v) is 3.32. The van der Waals surface area contributed by atoms with Gasteiger partial charge in [0.05, 0.1) is 17.1 Å². The summed E-state index contributed by atoms with van der Waals surface area (Å²) in [5, 5.41) is 10.5. The van der Waals surface area contributed by atoms with E-state index in [-0.39, 0.29) is 0 Å². The highest BCUT2D eigenvalue weighted by atomic mass is 79.9. The summed E-state index contributed by atoms with van der Waals surface area (Å²) in [4.78, 5) is 4.61. The molecule has 3 nitrogen and oxygen atoms in total. The molecule has 0 saturated carbocycles. The first kappa shape index (κ1) is 14.8. The molecule has 5 heteroatoms. The molecule has 1 heterocycles. The van der Waals surface area contributed by atoms with Gasteiger partial charge in [-0.2, -0.15) is 0 Å². The molecule has 0 bridgehead atoms. The van der Waals surface area contributed by atoms with Gasteiger partial charge in [0.2, 0.25) is 0 Å². The molecule has 0 aliphatic heterocycles. The molecule has 0 saturated heterocycles. The normalized spacial score (nSPS) is 12.8. The summed E-state index contributed by atoms with van der Waals surface area (Å²) in [6, 6.07) is 13.8. The van der Waals surface area contributed by atoms with E-state index in [1.807, 2.05) is 54.1 Å². The van der Waals surface area contributed by atoms with Gasteiger partial charge in [0.1, 0.15) is 5.82 Å². The molecule has 0 aliphatic rings. The minimum Gasteiger partial charge on any atom is -0.388 e. The Hall–Kier alpha value is -1.17. The Balaban J connectivity index is 1.94. The van der Waals surface area contributed by atoms with Gasteiger partial charge in [-0.3, -0.25) is 0 Å². The lowest BCUT2D eigenvalue weighted by Crippen LogP contribution is -2.07. The Morgan fingerprint density at radius 3 is 2.71 bits per heavy atom. The van der Waals surface area contributed by atoms with Crippen molar-refractivity contribution in [1.29, 1.82) is 0 Å². The molecule has 1 N–H and O–H groups in total. The van der Waals surface area contributed by atoms with Crippen molar-refractivity contribution >= 4 is 42.9 Å². The van der Waals surface area contributed by atoms with Crippen LogP contribution in [-0.4, -0.2) is 14.7 Å². The number of imidazole rings is 1. The fourth-order valence-electron chi connectivity index (χ4n) is 2.43. The standard InChI is InChI=1S/C16H14Br2N2O/c1-20-14-5-3-2-4-13(14)19-16(20)9-15(21)11-8-10(17)6-7-12(11)18/h2-8,15,21H,9H2,1H3. The first-order valence-corrected chi connectivity index (χ1v) is 8.18. The van der Waals surface area contributed by atoms with Crippen molar-refractivity contribution < 1.29 is 5.11 Å². The average Bonchev–Trinajstić information content (AvgIpc) is 2.78. The second-order valence-electron chi connectivity index (χ2n) is 4.96. The van der Waals surface area contributed by atoms with Crippen LogP contribution in [0.5, 0.6) is 0 Å². The third-order valence-electron chi connectivity index (χ3n) is 3.57. The van der Waals surface area contributed by atoms with E-state index in [4.69, 9.17) is 0 Å². The number of rotatable bonds is 3. The molecule has 3 rings (SSSR count). The zero-order valence-electron chi connectivity index (χ0n) is 11.4. The van der Waals surface area contributed by atoms with Crippen LogP contribution in [0.3, 0.4) is 0 Å². The number of fused-ring (bicyclic) bond motifs is 1. The number of hydrogen-bond acceptors (Lipinski definition) is 2. The summed E-state index contributed by atoms with van der Waals surface area (Å²) in [5.74, 6) is 0.871. The lowest BCUT2D eigenvalue weighted by atomic mass is 10.1. The van der Waals surface area contributed by atoms with Crippen LogP contribution in [0.2, 0.25) is 0 Å². The summed E-state index contributed by atoms with van der Waals surface area (Å²) in [6.07, 6.45) is -0.132. The molecule has 3 aromatic rings. The molecule has 0 fully saturated rings. The highest BCUT2D eigenvalue weighted by molar-refractivity contribution is 9.11. The van der Waals surface area contributed by atoms with Gasteiger partial charge in [-0.15, -0.1) is 0 Å². The smallest absolute Gasteiger partial charge is 0.112 e. The molecule has 0 amide bonds. The lowest BCUT2D eigenvalue weighted by molar-refractivity contribution is 0.174. The van der Waals surface area contributed by atoms with Crippen LogP contribution in [0.4, 0.5) is 0 Å². The number of aliphatic hydroxyl groups excluding tert-OH is 1. The fraction of sp³-hybridized carbons (Fsp3) is 0.188. The van der Waals surface area contributed by atoms with Crippen molar-refractivity contribution in [2.24, 2.45) is 7.05 Å². The molecule has 21 heavy (non-hydrogen) atoms. The molecule has 0 spiro atoms. The van der Waals surface area contributed by atoms with Gasteiger partial charge in [-0.1, -0.05) is 44.0 Å². The average molecular weight is 410 g/mol. The summed E-state index contributed by atoms with van der Waals surface area (Å²) in [6.45, 7) is 0. The van der Waals surface area contributed by atoms with Crippen molar-refractivity contribution in [2.75, 3.05) is 0 Å². The molecule has 108 valence electrons. The predicted octanol–water partition coefficient (Wildman–Crippen LogP) is 4.37. The van der Waals surface area contributed by atoms with E-state index in [9.17, 15) is 5.11 Å². The molecular weight excluding hydrogens is 396 g/mol. The number of para-hydroxylation sites is 2. The second kappa shape index (κ2) is 5.91. The number of benzene rings is 2. The van der Waals surface area contributed by atoms with E-state index in [1.165, 1.54) is 0 Å². The van der Waals surface area contributed by atoms with Crippen molar-refractivity contribution in [3.63, 3.8) is 0 Å². The summed E-state index contributed by atoms with van der Waals surface area (Å²) in [7, 11) is 1.98. The zero-order valence-corrected chi connectivity index (χ0v) is 14.6. The Bertz CT molecular complexity index is 798. The monoisotopic (exact) mass is 408 g/mol. The number of nitrogens with zero attached hydrogens (tertiary/aromatic N) is 2. The third-order valence-corrected chi connectivity index (χ3v) is 4.79. The molecule has 1 atom stereocenters. The van der Waals surface area contributed by atoms with Crippen LogP contribution in [0, 0.1) is 0 Å². The number of aryl methyl sites for hydroxylation is 1. The Morgan fingerprint density at radius 2 is 1.95 bits per heavy atom. The number of halogens is 2. The van der Waals surface area contributed by atoms with E-state index in [1.54, 1.807) is 0 Å². The molecule has 1 unspecified atom stereocenters. The van der Waals surface area contributed by atoms with Gasteiger partial charge in [-0.25, -0.2) is 4.98 Å². The maximum Gasteiger partial charge on any atom is 0.112 e. The predicted molar refractivity (Wildman–Crippen MR) is 91.2 cm³/mol. The van der Waals surface area contributed by atoms with Gasteiger partial charge in [0.25, 0.3) is 0 Å². The summed E-state index contributed by atoms with van der Waals surface area (Å²) >= 11 is 6.93. The van der Waals surface area contributed by atoms with Gasteiger partial charge in [0.15, 0.2) is 0 Å². The topological polar surface area (TPSA) is 38.0 Å². The highest BCUT2D eigenvalue weighted by Crippen LogP contribution is 2.29. The minimum absolute atomic E-state index is 0.472. The summed E-state index contributed by atoms with van der Waals surface area (Å²) in [5.41, 5.74) is 2.89. The van der Waals surface area contributed by atoms with Gasteiger partial charge < -0.3 is 9.67 Å². The van der Waals surface area contributed by atoms with Crippen molar-refractivity contribution in [3.05, 3.63) is 62.8 Å². The van der Waals surface area contributed by atoms with E-state index in [0.717, 1.165) is 31.4 Å². The molecule has 2 aromatic carbocycles. The third kappa shape index (κ3) is 2.91. The van der Waals surface area contributed by atoms with Gasteiger partial charge in [-0.05, 0) is 35.9 Å². The Kier molecular flexibility index (Phi) is 4.15. The Morgan fingerprint density at radius 1 is 1.19 bits per heavy atom. The molecule has 0 aliphatic carbocycles. The van der Waals surface area contributed by atoms with Crippen LogP contribution in [0.25, 0.3) is 11.0 Å². The molecular formula is C16H14Br2N2O. The quantitative estimate of drug-likeness (QED) is 0.697. The van der Waals surface area contributed by atoms with Crippen LogP contribution >= 0.6 is 31.9 Å². The van der Waals surface area contributed by atoms with Gasteiger partial charge in [0, 0.05) is 22.4 Å². The van der Waals surface area contributed by atoms with Crippen LogP contribution in [0.1, 0.15) is 17.5 Å². The van der Waals surface area contributed by atoms with Gasteiger partial charge >= 0.3 is 0 Å². The molecule has 0 radical (unpaired) electrons. The first-order valence-electron chi connectivity index (χ1n) is 6.59. The lowest BCUT2D eigenvalue weighted by Gasteiger charge is -2.13. The largest absolute Gasteiger partial charge is 0.388 e. The SMILES string of the molecule is Cn1c(CC(O)c2cc(Br)ccc2Br)nc2ccccc21. The highest BCUT2D eigenvalue weighted by Gasteiger charge is 2.16.